The van der Waals surface area contributed by atoms with Gasteiger partial charge in [-0.25, -0.2) is 4.98 Å². The van der Waals surface area contributed by atoms with Crippen molar-refractivity contribution >= 4 is 21.8 Å². The third-order valence-electron chi connectivity index (χ3n) is 2.63. The van der Waals surface area contributed by atoms with Crippen LogP contribution in [0.25, 0.3) is 0 Å². The molecular weight excluding hydrogens is 296 g/mol. The molecule has 1 heterocycles. The number of hydrogen-bond donors (Lipinski definition) is 1. The van der Waals surface area contributed by atoms with E-state index in [0.717, 1.165) is 18.2 Å². The lowest BCUT2D eigenvalue weighted by Crippen LogP contribution is -2.25. The molecule has 0 aliphatic rings. The molecule has 0 aliphatic heterocycles. The van der Waals surface area contributed by atoms with E-state index >= 15 is 0 Å². The SMILES string of the molecule is COc1ncccc1C(=O)NCCCC(C)CBr. The topological polar surface area (TPSA) is 51.2 Å². The second-order valence-corrected chi connectivity index (χ2v) is 4.87. The minimum atomic E-state index is -0.133. The van der Waals surface area contributed by atoms with Gasteiger partial charge in [0.25, 0.3) is 5.91 Å². The lowest BCUT2D eigenvalue weighted by Gasteiger charge is -2.09. The average Bonchev–Trinajstić information content (AvgIpc) is 2.42. The van der Waals surface area contributed by atoms with Crippen molar-refractivity contribution in [1.29, 1.82) is 0 Å². The van der Waals surface area contributed by atoms with Crippen LogP contribution in [0.2, 0.25) is 0 Å². The maximum atomic E-state index is 11.9. The van der Waals surface area contributed by atoms with Crippen LogP contribution in [0.5, 0.6) is 5.88 Å². The molecule has 0 aromatic carbocycles. The molecule has 0 saturated carbocycles. The monoisotopic (exact) mass is 314 g/mol. The van der Waals surface area contributed by atoms with E-state index in [4.69, 9.17) is 4.74 Å². The zero-order chi connectivity index (χ0) is 13.4. The fourth-order valence-corrected chi connectivity index (χ4v) is 1.87. The van der Waals surface area contributed by atoms with E-state index in [2.05, 4.69) is 33.2 Å². The van der Waals surface area contributed by atoms with Crippen molar-refractivity contribution in [2.75, 3.05) is 19.0 Å². The lowest BCUT2D eigenvalue weighted by molar-refractivity contribution is 0.0949. The number of rotatable bonds is 7. The number of carbonyl (C=O) groups is 1. The first-order chi connectivity index (χ1) is 8.69. The molecule has 0 fully saturated rings. The van der Waals surface area contributed by atoms with Crippen LogP contribution >= 0.6 is 15.9 Å². The Morgan fingerprint density at radius 1 is 1.61 bits per heavy atom. The molecule has 4 nitrogen and oxygen atoms in total. The maximum absolute atomic E-state index is 11.9. The van der Waals surface area contributed by atoms with Gasteiger partial charge in [-0.05, 0) is 30.9 Å². The van der Waals surface area contributed by atoms with Crippen LogP contribution < -0.4 is 10.1 Å². The first-order valence-corrected chi connectivity index (χ1v) is 7.14. The molecule has 0 bridgehead atoms. The van der Waals surface area contributed by atoms with E-state index < -0.39 is 0 Å². The zero-order valence-corrected chi connectivity index (χ0v) is 12.4. The van der Waals surface area contributed by atoms with Gasteiger partial charge in [0.2, 0.25) is 5.88 Å². The molecule has 1 aromatic rings. The number of amides is 1. The lowest BCUT2D eigenvalue weighted by atomic mass is 10.1. The summed E-state index contributed by atoms with van der Waals surface area (Å²) in [5.41, 5.74) is 0.480. The van der Waals surface area contributed by atoms with Crippen LogP contribution in [0, 0.1) is 5.92 Å². The van der Waals surface area contributed by atoms with Crippen molar-refractivity contribution in [2.24, 2.45) is 5.92 Å². The van der Waals surface area contributed by atoms with Crippen LogP contribution in [-0.4, -0.2) is 29.9 Å². The number of nitrogens with one attached hydrogen (secondary N) is 1. The third-order valence-corrected chi connectivity index (χ3v) is 3.74. The number of carbonyl (C=O) groups excluding carboxylic acids is 1. The van der Waals surface area contributed by atoms with Gasteiger partial charge >= 0.3 is 0 Å². The Morgan fingerprint density at radius 2 is 2.39 bits per heavy atom. The second kappa shape index (κ2) is 8.08. The highest BCUT2D eigenvalue weighted by atomic mass is 79.9. The molecule has 0 aliphatic carbocycles. The summed E-state index contributed by atoms with van der Waals surface area (Å²) in [4.78, 5) is 15.9. The Labute approximate surface area is 116 Å². The predicted octanol–water partition coefficient (Wildman–Crippen LogP) is 2.63. The van der Waals surface area contributed by atoms with E-state index in [1.165, 1.54) is 7.11 Å². The molecule has 1 unspecified atom stereocenters. The summed E-state index contributed by atoms with van der Waals surface area (Å²) < 4.78 is 5.05. The van der Waals surface area contributed by atoms with Crippen molar-refractivity contribution in [2.45, 2.75) is 19.8 Å². The van der Waals surface area contributed by atoms with Crippen molar-refractivity contribution in [3.63, 3.8) is 0 Å². The van der Waals surface area contributed by atoms with Crippen LogP contribution in [0.4, 0.5) is 0 Å². The van der Waals surface area contributed by atoms with Crippen molar-refractivity contribution < 1.29 is 9.53 Å². The average molecular weight is 315 g/mol. The minimum absolute atomic E-state index is 0.133. The number of methoxy groups -OCH3 is 1. The summed E-state index contributed by atoms with van der Waals surface area (Å²) in [6.45, 7) is 2.86. The normalized spacial score (nSPS) is 11.9. The first kappa shape index (κ1) is 15.0. The predicted molar refractivity (Wildman–Crippen MR) is 75.3 cm³/mol. The van der Waals surface area contributed by atoms with Gasteiger partial charge in [0.15, 0.2) is 0 Å². The van der Waals surface area contributed by atoms with Crippen molar-refractivity contribution in [1.82, 2.24) is 10.3 Å². The molecule has 1 N–H and O–H groups in total. The standard InChI is InChI=1S/C13H19BrN2O2/c1-10(9-14)5-3-7-15-12(17)11-6-4-8-16-13(11)18-2/h4,6,8,10H,3,5,7,9H2,1-2H3,(H,15,17). The van der Waals surface area contributed by atoms with Crippen LogP contribution in [-0.2, 0) is 0 Å². The fourth-order valence-electron chi connectivity index (χ4n) is 1.55. The molecule has 1 atom stereocenters. The van der Waals surface area contributed by atoms with E-state index in [1.54, 1.807) is 18.3 Å². The van der Waals surface area contributed by atoms with Gasteiger partial charge in [0, 0.05) is 18.1 Å². The zero-order valence-electron chi connectivity index (χ0n) is 10.8. The summed E-state index contributed by atoms with van der Waals surface area (Å²) in [5.74, 6) is 0.866. The summed E-state index contributed by atoms with van der Waals surface area (Å²) >= 11 is 3.44. The molecule has 0 radical (unpaired) electrons. The Hall–Kier alpha value is -1.10. The fraction of sp³-hybridized carbons (Fsp3) is 0.538. The number of alkyl halides is 1. The number of halogens is 1. The van der Waals surface area contributed by atoms with Crippen LogP contribution in [0.1, 0.15) is 30.1 Å². The molecule has 100 valence electrons. The summed E-state index contributed by atoms with van der Waals surface area (Å²) in [6.07, 6.45) is 3.67. The highest BCUT2D eigenvalue weighted by molar-refractivity contribution is 9.09. The highest BCUT2D eigenvalue weighted by Gasteiger charge is 2.11. The second-order valence-electron chi connectivity index (χ2n) is 4.22. The van der Waals surface area contributed by atoms with Gasteiger partial charge in [-0.1, -0.05) is 22.9 Å². The van der Waals surface area contributed by atoms with E-state index in [9.17, 15) is 4.79 Å². The smallest absolute Gasteiger partial charge is 0.256 e. The van der Waals surface area contributed by atoms with Crippen LogP contribution in [0.3, 0.4) is 0 Å². The summed E-state index contributed by atoms with van der Waals surface area (Å²) in [5, 5.41) is 3.88. The van der Waals surface area contributed by atoms with Gasteiger partial charge in [-0.15, -0.1) is 0 Å². The summed E-state index contributed by atoms with van der Waals surface area (Å²) in [6, 6.07) is 3.44. The number of pyridine rings is 1. The molecule has 18 heavy (non-hydrogen) atoms. The van der Waals surface area contributed by atoms with E-state index in [-0.39, 0.29) is 5.91 Å². The number of hydrogen-bond acceptors (Lipinski definition) is 3. The molecular formula is C13H19BrN2O2. The van der Waals surface area contributed by atoms with E-state index in [0.29, 0.717) is 23.9 Å². The minimum Gasteiger partial charge on any atom is -0.480 e. The molecule has 1 amide bonds. The molecule has 0 saturated heterocycles. The van der Waals surface area contributed by atoms with Gasteiger partial charge < -0.3 is 10.1 Å². The molecule has 1 rings (SSSR count). The van der Waals surface area contributed by atoms with Gasteiger partial charge in [0.05, 0.1) is 7.11 Å². The van der Waals surface area contributed by atoms with Gasteiger partial charge in [-0.3, -0.25) is 4.79 Å². The van der Waals surface area contributed by atoms with Crippen molar-refractivity contribution in [3.8, 4) is 5.88 Å². The first-order valence-electron chi connectivity index (χ1n) is 6.02. The third kappa shape index (κ3) is 4.64. The number of nitrogens with zero attached hydrogens (tertiary/aromatic N) is 1. The quantitative estimate of drug-likeness (QED) is 0.622. The largest absolute Gasteiger partial charge is 0.480 e. The van der Waals surface area contributed by atoms with E-state index in [1.807, 2.05) is 0 Å². The van der Waals surface area contributed by atoms with Gasteiger partial charge in [0.1, 0.15) is 5.56 Å². The van der Waals surface area contributed by atoms with Gasteiger partial charge in [-0.2, -0.15) is 0 Å². The molecule has 1 aromatic heterocycles. The maximum Gasteiger partial charge on any atom is 0.256 e. The molecule has 0 spiro atoms. The number of aromatic nitrogens is 1. The number of ether oxygens (including phenoxy) is 1. The Bertz CT molecular complexity index is 385. The van der Waals surface area contributed by atoms with Crippen LogP contribution in [0.15, 0.2) is 18.3 Å². The molecule has 5 heteroatoms. The Balaban J connectivity index is 2.41. The Kier molecular flexibility index (Phi) is 6.72. The highest BCUT2D eigenvalue weighted by Crippen LogP contribution is 2.13. The van der Waals surface area contributed by atoms with Crippen molar-refractivity contribution in [3.05, 3.63) is 23.9 Å². The summed E-state index contributed by atoms with van der Waals surface area (Å²) in [7, 11) is 1.51. The Morgan fingerprint density at radius 3 is 3.06 bits per heavy atom.